The normalized spacial score (nSPS) is 43.8. The molecule has 4 saturated carbocycles. The molecule has 10 atom stereocenters. The van der Waals surface area contributed by atoms with Crippen molar-refractivity contribution in [2.75, 3.05) is 0 Å². The molecule has 0 aromatic rings. The minimum atomic E-state index is -1.50. The first-order chi connectivity index (χ1) is 16.0. The van der Waals surface area contributed by atoms with E-state index in [0.29, 0.717) is 41.4 Å². The highest BCUT2D eigenvalue weighted by atomic mass is 16.5. The average Bonchev–Trinajstić information content (AvgIpc) is 3.11. The first-order valence-corrected chi connectivity index (χ1v) is 14.6. The first kappa shape index (κ1) is 26.5. The number of carbonyl (C=O) groups is 1. The summed E-state index contributed by atoms with van der Waals surface area (Å²) in [5.41, 5.74) is 0.0359. The van der Waals surface area contributed by atoms with E-state index < -0.39 is 11.8 Å². The topological polar surface area (TPSA) is 77.8 Å². The van der Waals surface area contributed by atoms with E-state index in [2.05, 4.69) is 34.6 Å². The molecule has 4 aliphatic carbocycles. The number of aliphatic carboxylic acids is 1. The first-order valence-electron chi connectivity index (χ1n) is 14.6. The zero-order valence-electron chi connectivity index (χ0n) is 22.6. The molecule has 0 aromatic heterocycles. The summed E-state index contributed by atoms with van der Waals surface area (Å²) in [7, 11) is 0. The molecular formula is C30H52O4. The van der Waals surface area contributed by atoms with Crippen LogP contribution in [0.2, 0.25) is 0 Å². The smallest absolute Gasteiger partial charge is 0.303 e. The largest absolute Gasteiger partial charge is 0.481 e. The lowest BCUT2D eigenvalue weighted by Crippen LogP contribution is -2.63. The van der Waals surface area contributed by atoms with Gasteiger partial charge >= 0.3 is 5.97 Å². The van der Waals surface area contributed by atoms with Crippen LogP contribution in [0.4, 0.5) is 0 Å². The highest BCUT2D eigenvalue weighted by Crippen LogP contribution is 2.69. The van der Waals surface area contributed by atoms with Crippen molar-refractivity contribution in [3.63, 3.8) is 0 Å². The Morgan fingerprint density at radius 2 is 1.68 bits per heavy atom. The van der Waals surface area contributed by atoms with Gasteiger partial charge in [-0.25, -0.2) is 0 Å². The van der Waals surface area contributed by atoms with Crippen LogP contribution in [0.5, 0.6) is 0 Å². The maximum absolute atomic E-state index is 11.2. The number of carboxylic acids is 1. The molecule has 4 heteroatoms. The van der Waals surface area contributed by atoms with Gasteiger partial charge in [-0.3, -0.25) is 4.79 Å². The highest BCUT2D eigenvalue weighted by molar-refractivity contribution is 5.66. The summed E-state index contributed by atoms with van der Waals surface area (Å²) in [6.07, 6.45) is 13.9. The molecule has 0 aliphatic heterocycles. The molecule has 0 spiro atoms. The third kappa shape index (κ3) is 4.27. The number of fused-ring (bicyclic) bond motifs is 5. The summed E-state index contributed by atoms with van der Waals surface area (Å²) < 4.78 is 0. The molecule has 2 unspecified atom stereocenters. The molecule has 0 radical (unpaired) electrons. The Bertz CT molecular complexity index is 733. The average molecular weight is 477 g/mol. The minimum absolute atomic E-state index is 0.251. The predicted octanol–water partition coefficient (Wildman–Crippen LogP) is 6.88. The van der Waals surface area contributed by atoms with Crippen LogP contribution in [0, 0.1) is 58.2 Å². The Balaban J connectivity index is 1.45. The van der Waals surface area contributed by atoms with Gasteiger partial charge in [0.05, 0.1) is 0 Å². The summed E-state index contributed by atoms with van der Waals surface area (Å²) in [5.74, 6) is 2.30. The number of carboxylic acid groups (broad SMARTS) is 1. The van der Waals surface area contributed by atoms with Gasteiger partial charge in [-0.1, -0.05) is 47.5 Å². The van der Waals surface area contributed by atoms with Gasteiger partial charge < -0.3 is 15.3 Å². The number of rotatable bonds is 8. The van der Waals surface area contributed by atoms with Crippen molar-refractivity contribution in [1.82, 2.24) is 0 Å². The molecule has 3 N–H and O–H groups in total. The molecule has 0 bridgehead atoms. The minimum Gasteiger partial charge on any atom is -0.481 e. The summed E-state index contributed by atoms with van der Waals surface area (Å²) in [5, 5.41) is 31.6. The molecule has 4 rings (SSSR count). The molecule has 34 heavy (non-hydrogen) atoms. The van der Waals surface area contributed by atoms with Crippen LogP contribution in [0.1, 0.15) is 118 Å². The van der Waals surface area contributed by atoms with Crippen LogP contribution < -0.4 is 0 Å². The van der Waals surface area contributed by atoms with Gasteiger partial charge in [0, 0.05) is 18.3 Å². The summed E-state index contributed by atoms with van der Waals surface area (Å²) in [6, 6.07) is 0. The summed E-state index contributed by atoms with van der Waals surface area (Å²) in [4.78, 5) is 11.2. The SMILES string of the molecule is CCC(CC[C@@H](C)[C@H]1CC[C@H]2[C@@H]3CC[C@@H]4CCCC(O)(O)[C@]4(C)[C@H]3CC[C@]12C)C(C)CC(=O)O. The monoisotopic (exact) mass is 476 g/mol. The van der Waals surface area contributed by atoms with Crippen LogP contribution >= 0.6 is 0 Å². The van der Waals surface area contributed by atoms with Crippen LogP contribution in [0.3, 0.4) is 0 Å². The lowest BCUT2D eigenvalue weighted by atomic mass is 9.43. The third-order valence-electron chi connectivity index (χ3n) is 12.4. The zero-order chi connectivity index (χ0) is 24.9. The molecule has 0 amide bonds. The van der Waals surface area contributed by atoms with Gasteiger partial charge in [0.2, 0.25) is 0 Å². The maximum Gasteiger partial charge on any atom is 0.303 e. The fraction of sp³-hybridized carbons (Fsp3) is 0.967. The molecule has 4 aliphatic rings. The molecule has 0 saturated heterocycles. The Labute approximate surface area is 208 Å². The lowest BCUT2D eigenvalue weighted by molar-refractivity contribution is -0.313. The lowest BCUT2D eigenvalue weighted by Gasteiger charge is -2.63. The van der Waals surface area contributed by atoms with E-state index in [1.54, 1.807) is 0 Å². The van der Waals surface area contributed by atoms with E-state index in [4.69, 9.17) is 0 Å². The van der Waals surface area contributed by atoms with Crippen molar-refractivity contribution in [2.45, 2.75) is 124 Å². The van der Waals surface area contributed by atoms with E-state index in [-0.39, 0.29) is 17.8 Å². The Morgan fingerprint density at radius 1 is 0.941 bits per heavy atom. The summed E-state index contributed by atoms with van der Waals surface area (Å²) in [6.45, 7) is 11.6. The quantitative estimate of drug-likeness (QED) is 0.334. The molecule has 0 aromatic carbocycles. The van der Waals surface area contributed by atoms with Crippen LogP contribution in [-0.2, 0) is 4.79 Å². The summed E-state index contributed by atoms with van der Waals surface area (Å²) >= 11 is 0. The Hall–Kier alpha value is -0.610. The van der Waals surface area contributed by atoms with Gasteiger partial charge in [0.25, 0.3) is 0 Å². The highest BCUT2D eigenvalue weighted by Gasteiger charge is 2.65. The van der Waals surface area contributed by atoms with Gasteiger partial charge in [0.15, 0.2) is 5.79 Å². The molecule has 4 fully saturated rings. The molecule has 196 valence electrons. The van der Waals surface area contributed by atoms with Gasteiger partial charge in [0.1, 0.15) is 0 Å². The Kier molecular flexibility index (Phi) is 7.54. The fourth-order valence-electron chi connectivity index (χ4n) is 10.3. The second kappa shape index (κ2) is 9.69. The fourth-order valence-corrected chi connectivity index (χ4v) is 10.3. The van der Waals surface area contributed by atoms with Crippen molar-refractivity contribution < 1.29 is 20.1 Å². The second-order valence-corrected chi connectivity index (χ2v) is 13.7. The number of hydrogen-bond acceptors (Lipinski definition) is 3. The van der Waals surface area contributed by atoms with Gasteiger partial charge in [-0.05, 0) is 111 Å². The standard InChI is InChI=1S/C30H52O4/c1-6-21(20(3)18-27(31)32)10-9-19(2)24-13-14-25-23-12-11-22-8-7-16-30(33,34)29(22,5)26(23)15-17-28(24,25)4/h19-26,33-34H,6-18H2,1-5H3,(H,31,32)/t19-,20?,21?,22+,23+,24-,25+,26+,28-,29+/m1/s1. The molecular weight excluding hydrogens is 424 g/mol. The van der Waals surface area contributed by atoms with Gasteiger partial charge in [-0.15, -0.1) is 0 Å². The van der Waals surface area contributed by atoms with E-state index in [1.165, 1.54) is 44.9 Å². The van der Waals surface area contributed by atoms with Crippen molar-refractivity contribution in [3.05, 3.63) is 0 Å². The second-order valence-electron chi connectivity index (χ2n) is 13.7. The molecule has 0 heterocycles. The van der Waals surface area contributed by atoms with E-state index in [9.17, 15) is 20.1 Å². The predicted molar refractivity (Wildman–Crippen MR) is 136 cm³/mol. The van der Waals surface area contributed by atoms with Crippen LogP contribution in [0.15, 0.2) is 0 Å². The zero-order valence-corrected chi connectivity index (χ0v) is 22.6. The van der Waals surface area contributed by atoms with E-state index >= 15 is 0 Å². The number of hydrogen-bond donors (Lipinski definition) is 3. The van der Waals surface area contributed by atoms with E-state index in [0.717, 1.165) is 37.5 Å². The number of aliphatic hydroxyl groups is 2. The van der Waals surface area contributed by atoms with Crippen molar-refractivity contribution >= 4 is 5.97 Å². The Morgan fingerprint density at radius 3 is 2.35 bits per heavy atom. The van der Waals surface area contributed by atoms with Crippen molar-refractivity contribution in [3.8, 4) is 0 Å². The van der Waals surface area contributed by atoms with Gasteiger partial charge in [-0.2, -0.15) is 0 Å². The maximum atomic E-state index is 11.2. The van der Waals surface area contributed by atoms with Crippen LogP contribution in [0.25, 0.3) is 0 Å². The van der Waals surface area contributed by atoms with E-state index in [1.807, 2.05) is 0 Å². The molecule has 4 nitrogen and oxygen atoms in total. The van der Waals surface area contributed by atoms with Crippen molar-refractivity contribution in [1.29, 1.82) is 0 Å². The van der Waals surface area contributed by atoms with Crippen LogP contribution in [-0.4, -0.2) is 27.1 Å². The van der Waals surface area contributed by atoms with Crippen molar-refractivity contribution in [2.24, 2.45) is 58.2 Å². The third-order valence-corrected chi connectivity index (χ3v) is 12.4.